The number of rotatable bonds is 5. The van der Waals surface area contributed by atoms with E-state index in [2.05, 4.69) is 41.5 Å². The molecule has 172 valence electrons. The van der Waals surface area contributed by atoms with E-state index in [4.69, 9.17) is 27.4 Å². The van der Waals surface area contributed by atoms with E-state index in [1.807, 2.05) is 36.7 Å². The average molecular weight is 490 g/mol. The molecular weight excluding hydrogens is 464 g/mol. The summed E-state index contributed by atoms with van der Waals surface area (Å²) in [6.45, 7) is 1.10. The summed E-state index contributed by atoms with van der Waals surface area (Å²) in [5.74, 6) is 8.76. The minimum absolute atomic E-state index is 0.0104. The number of thiophene rings is 1. The van der Waals surface area contributed by atoms with Gasteiger partial charge in [-0.15, -0.1) is 15.9 Å². The van der Waals surface area contributed by atoms with E-state index in [0.717, 1.165) is 63.7 Å². The summed E-state index contributed by atoms with van der Waals surface area (Å²) < 4.78 is -0.0104. The van der Waals surface area contributed by atoms with Gasteiger partial charge >= 0.3 is 0 Å². The molecule has 1 aliphatic carbocycles. The SMILES string of the molecule is CN(C)CC1CC(C2=C3C=NC=C[N+]3(N)C(c3cc4nc(-c5cccs5)ccc4cc3Cl)=N2)C1. The summed E-state index contributed by atoms with van der Waals surface area (Å²) in [5.41, 5.74) is 4.61. The number of nitrogens with two attached hydrogens (primary N) is 1. The molecule has 34 heavy (non-hydrogen) atoms. The summed E-state index contributed by atoms with van der Waals surface area (Å²) in [6.07, 6.45) is 7.70. The maximum Gasteiger partial charge on any atom is 0.266 e. The number of quaternary nitrogens is 1. The molecule has 6 nitrogen and oxygen atoms in total. The molecular formula is C26H26ClN6S+. The first-order chi connectivity index (χ1) is 16.4. The third-order valence-corrected chi connectivity index (χ3v) is 8.07. The Hall–Kier alpha value is -2.68. The molecule has 8 heteroatoms. The maximum absolute atomic E-state index is 6.97. The zero-order valence-corrected chi connectivity index (χ0v) is 20.7. The largest absolute Gasteiger partial charge is 0.309 e. The lowest BCUT2D eigenvalue weighted by molar-refractivity contribution is -0.750. The molecule has 0 bridgehead atoms. The molecule has 4 heterocycles. The van der Waals surface area contributed by atoms with E-state index in [1.54, 1.807) is 17.5 Å². The molecule has 1 unspecified atom stereocenters. The highest BCUT2D eigenvalue weighted by Gasteiger charge is 2.48. The highest BCUT2D eigenvalue weighted by molar-refractivity contribution is 7.13. The van der Waals surface area contributed by atoms with Gasteiger partial charge in [0.05, 0.1) is 39.1 Å². The second-order valence-electron chi connectivity index (χ2n) is 9.55. The van der Waals surface area contributed by atoms with Gasteiger partial charge in [-0.05, 0) is 62.5 Å². The fourth-order valence-electron chi connectivity index (χ4n) is 5.19. The highest BCUT2D eigenvalue weighted by Crippen LogP contribution is 2.45. The van der Waals surface area contributed by atoms with E-state index in [1.165, 1.54) is 0 Å². The fourth-order valence-corrected chi connectivity index (χ4v) is 6.14. The van der Waals surface area contributed by atoms with Crippen molar-refractivity contribution in [2.24, 2.45) is 27.7 Å². The summed E-state index contributed by atoms with van der Waals surface area (Å²) in [5, 5.41) is 3.67. The third kappa shape index (κ3) is 3.56. The topological polar surface area (TPSA) is 66.9 Å². The summed E-state index contributed by atoms with van der Waals surface area (Å²) in [7, 11) is 4.25. The van der Waals surface area contributed by atoms with Gasteiger partial charge in [0.15, 0.2) is 0 Å². The van der Waals surface area contributed by atoms with E-state index < -0.39 is 0 Å². The molecule has 1 aromatic carbocycles. The smallest absolute Gasteiger partial charge is 0.266 e. The lowest BCUT2D eigenvalue weighted by atomic mass is 9.72. The van der Waals surface area contributed by atoms with Crippen LogP contribution in [-0.2, 0) is 0 Å². The van der Waals surface area contributed by atoms with Crippen LogP contribution in [-0.4, -0.2) is 47.2 Å². The Morgan fingerprint density at radius 3 is 2.82 bits per heavy atom. The Morgan fingerprint density at radius 2 is 2.06 bits per heavy atom. The zero-order valence-electron chi connectivity index (χ0n) is 19.1. The number of hydrogen-bond donors (Lipinski definition) is 1. The number of amidine groups is 1. The normalized spacial score (nSPS) is 25.7. The van der Waals surface area contributed by atoms with Crippen LogP contribution in [0.5, 0.6) is 0 Å². The maximum atomic E-state index is 6.97. The van der Waals surface area contributed by atoms with Gasteiger partial charge in [0.1, 0.15) is 11.9 Å². The van der Waals surface area contributed by atoms with Gasteiger partial charge in [-0.2, -0.15) is 10.8 Å². The van der Waals surface area contributed by atoms with Crippen LogP contribution in [0, 0.1) is 11.8 Å². The predicted octanol–water partition coefficient (Wildman–Crippen LogP) is 5.42. The molecule has 3 aromatic rings. The summed E-state index contributed by atoms with van der Waals surface area (Å²) in [4.78, 5) is 17.8. The molecule has 3 aliphatic rings. The number of nitrogens with zero attached hydrogens (tertiary/aromatic N) is 5. The summed E-state index contributed by atoms with van der Waals surface area (Å²) >= 11 is 8.50. The molecule has 0 radical (unpaired) electrons. The van der Waals surface area contributed by atoms with Crippen LogP contribution >= 0.6 is 22.9 Å². The zero-order chi connectivity index (χ0) is 23.4. The Balaban J connectivity index is 1.41. The quantitative estimate of drug-likeness (QED) is 0.384. The van der Waals surface area contributed by atoms with E-state index in [-0.39, 0.29) is 4.59 Å². The minimum atomic E-state index is -0.0104. The molecule has 1 atom stereocenters. The van der Waals surface area contributed by atoms with Crippen molar-refractivity contribution in [2.75, 3.05) is 20.6 Å². The number of pyridine rings is 1. The Morgan fingerprint density at radius 1 is 1.21 bits per heavy atom. The number of allylic oxidation sites excluding steroid dienone is 2. The van der Waals surface area contributed by atoms with E-state index in [0.29, 0.717) is 16.9 Å². The standard InChI is InChI=1S/C26H26ClN6S/c1-32(2)15-16-10-18(11-16)25-23-14-29-7-8-33(23,28)26(31-25)19-13-22-17(12-20(19)27)5-6-21(30-22)24-4-3-9-34-24/h3-9,12-14,16,18H,10-11,15,28H2,1-2H3/q+1. The van der Waals surface area contributed by atoms with Crippen molar-refractivity contribution >= 4 is 45.9 Å². The molecule has 2 N–H and O–H groups in total. The van der Waals surface area contributed by atoms with Crippen LogP contribution in [0.3, 0.4) is 0 Å². The van der Waals surface area contributed by atoms with Crippen molar-refractivity contribution in [1.29, 1.82) is 0 Å². The van der Waals surface area contributed by atoms with Crippen molar-refractivity contribution in [2.45, 2.75) is 12.8 Å². The molecule has 1 saturated carbocycles. The molecule has 2 aliphatic heterocycles. The Kier molecular flexibility index (Phi) is 5.28. The monoisotopic (exact) mass is 489 g/mol. The van der Waals surface area contributed by atoms with Gasteiger partial charge in [0, 0.05) is 17.8 Å². The number of hydrogen-bond acceptors (Lipinski definition) is 6. The van der Waals surface area contributed by atoms with Crippen molar-refractivity contribution < 1.29 is 4.59 Å². The number of aromatic nitrogens is 1. The van der Waals surface area contributed by atoms with Crippen LogP contribution in [0.15, 0.2) is 75.6 Å². The van der Waals surface area contributed by atoms with Crippen LogP contribution in [0.2, 0.25) is 5.02 Å². The first kappa shape index (κ1) is 21.8. The first-order valence-electron chi connectivity index (χ1n) is 11.4. The van der Waals surface area contributed by atoms with Crippen molar-refractivity contribution in [1.82, 2.24) is 9.88 Å². The molecule has 1 fully saturated rings. The van der Waals surface area contributed by atoms with Crippen LogP contribution < -0.4 is 5.84 Å². The Bertz CT molecular complexity index is 1400. The second kappa shape index (κ2) is 8.22. The molecule has 6 rings (SSSR count). The predicted molar refractivity (Wildman–Crippen MR) is 140 cm³/mol. The highest BCUT2D eigenvalue weighted by atomic mass is 35.5. The van der Waals surface area contributed by atoms with Crippen LogP contribution in [0.25, 0.3) is 21.5 Å². The Labute approximate surface area is 208 Å². The number of benzene rings is 1. The van der Waals surface area contributed by atoms with Gasteiger partial charge in [-0.25, -0.2) is 4.98 Å². The second-order valence-corrected chi connectivity index (χ2v) is 10.9. The fraction of sp³-hybridized carbons (Fsp3) is 0.269. The van der Waals surface area contributed by atoms with Crippen molar-refractivity contribution in [3.8, 4) is 10.6 Å². The van der Waals surface area contributed by atoms with Crippen LogP contribution in [0.4, 0.5) is 0 Å². The first-order valence-corrected chi connectivity index (χ1v) is 12.7. The van der Waals surface area contributed by atoms with Crippen LogP contribution in [0.1, 0.15) is 18.4 Å². The molecule has 0 spiro atoms. The molecule has 0 saturated heterocycles. The van der Waals surface area contributed by atoms with Gasteiger partial charge in [0.2, 0.25) is 5.70 Å². The van der Waals surface area contributed by atoms with Crippen molar-refractivity contribution in [3.05, 3.63) is 76.2 Å². The van der Waals surface area contributed by atoms with Gasteiger partial charge in [0.25, 0.3) is 5.84 Å². The van der Waals surface area contributed by atoms with Gasteiger partial charge in [-0.3, -0.25) is 4.99 Å². The lowest BCUT2D eigenvalue weighted by Gasteiger charge is -2.36. The lowest BCUT2D eigenvalue weighted by Crippen LogP contribution is -2.53. The average Bonchev–Trinajstić information content (AvgIpc) is 3.41. The van der Waals surface area contributed by atoms with Gasteiger partial charge < -0.3 is 4.90 Å². The molecule has 0 amide bonds. The van der Waals surface area contributed by atoms with Gasteiger partial charge in [-0.1, -0.05) is 23.7 Å². The van der Waals surface area contributed by atoms with E-state index in [9.17, 15) is 0 Å². The molecule has 2 aromatic heterocycles. The number of halogens is 1. The number of aliphatic imine (C=N–C) groups is 2. The summed E-state index contributed by atoms with van der Waals surface area (Å²) in [6, 6.07) is 12.2. The third-order valence-electron chi connectivity index (χ3n) is 6.86. The minimum Gasteiger partial charge on any atom is -0.309 e. The van der Waals surface area contributed by atoms with Crippen molar-refractivity contribution in [3.63, 3.8) is 0 Å². The number of fused-ring (bicyclic) bond motifs is 2. The van der Waals surface area contributed by atoms with E-state index >= 15 is 0 Å².